The second-order valence-electron chi connectivity index (χ2n) is 15.7. The van der Waals surface area contributed by atoms with Crippen LogP contribution >= 0.6 is 16.0 Å². The minimum atomic E-state index is -0.809. The maximum Gasteiger partial charge on any atom is 0.328 e. The largest absolute Gasteiger partial charge is 0.493 e. The van der Waals surface area contributed by atoms with Gasteiger partial charge in [0.05, 0.1) is 33.3 Å². The number of amides is 2. The third-order valence-electron chi connectivity index (χ3n) is 10.0. The Kier molecular flexibility index (Phi) is 21.5. The summed E-state index contributed by atoms with van der Waals surface area (Å²) < 4.78 is 22.9. The number of methoxy groups -OCH3 is 2. The van der Waals surface area contributed by atoms with Crippen LogP contribution in [0.4, 0.5) is 0 Å². The molecule has 0 aliphatic rings. The highest BCUT2D eigenvalue weighted by molar-refractivity contribution is 7.57. The van der Waals surface area contributed by atoms with Crippen molar-refractivity contribution in [2.24, 2.45) is 21.5 Å². The Morgan fingerprint density at radius 3 is 1.52 bits per heavy atom. The zero-order valence-electron chi connectivity index (χ0n) is 38.0. The molecule has 4 rings (SSSR count). The first-order valence-corrected chi connectivity index (χ1v) is 26.2. The van der Waals surface area contributed by atoms with Crippen LogP contribution in [-0.4, -0.2) is 121 Å². The topological polar surface area (TPSA) is 218 Å². The van der Waals surface area contributed by atoms with E-state index >= 15 is 0 Å². The van der Waals surface area contributed by atoms with Crippen LogP contribution in [0.1, 0.15) is 51.4 Å². The molecule has 0 aliphatic carbocycles. The molecule has 0 heterocycles. The van der Waals surface area contributed by atoms with Gasteiger partial charge in [-0.15, -0.1) is 7.92 Å². The molecule has 0 radical (unpaired) electrons. The van der Waals surface area contributed by atoms with Crippen LogP contribution in [0.15, 0.2) is 82.8 Å². The predicted octanol–water partition coefficient (Wildman–Crippen LogP) is 6.51. The van der Waals surface area contributed by atoms with Gasteiger partial charge in [-0.2, -0.15) is 0 Å². The molecule has 0 spiro atoms. The molecule has 7 N–H and O–H groups in total. The first-order chi connectivity index (χ1) is 30.8. The van der Waals surface area contributed by atoms with Gasteiger partial charge in [-0.05, 0) is 107 Å². The summed E-state index contributed by atoms with van der Waals surface area (Å²) in [5.74, 6) is 0.586. The summed E-state index contributed by atoms with van der Waals surface area (Å²) in [6.07, 6.45) is 3.62. The maximum absolute atomic E-state index is 13.1. The molecule has 2 atom stereocenters. The number of nitrogens with two attached hydrogens (primary N) is 2. The van der Waals surface area contributed by atoms with E-state index in [-0.39, 0.29) is 45.8 Å². The van der Waals surface area contributed by atoms with E-state index in [4.69, 9.17) is 30.4 Å². The van der Waals surface area contributed by atoms with Gasteiger partial charge >= 0.3 is 11.9 Å². The fraction of sp³-hybridized carbons (Fsp3) is 0.447. The Morgan fingerprint density at radius 1 is 0.625 bits per heavy atom. The number of carbonyl (C=O) groups excluding carboxylic acids is 4. The Morgan fingerprint density at radius 2 is 1.08 bits per heavy atom. The highest BCUT2D eigenvalue weighted by Gasteiger charge is 2.23. The minimum absolute atomic E-state index is 0.126. The number of fused-ring (bicyclic) bond motifs is 2. The molecular formula is C47H65N7O8P2. The number of ether oxygens (including phenoxy) is 4. The van der Waals surface area contributed by atoms with E-state index in [1.54, 1.807) is 0 Å². The zero-order valence-corrected chi connectivity index (χ0v) is 39.8. The van der Waals surface area contributed by atoms with E-state index in [0.717, 1.165) is 38.8 Å². The average Bonchev–Trinajstić information content (AvgIpc) is 3.27. The number of carbonyl (C=O) groups is 4. The molecule has 0 aliphatic heterocycles. The molecule has 0 saturated carbocycles. The van der Waals surface area contributed by atoms with Crippen molar-refractivity contribution in [3.05, 3.63) is 72.8 Å². The Labute approximate surface area is 379 Å². The summed E-state index contributed by atoms with van der Waals surface area (Å²) in [5, 5.41) is 12.6. The van der Waals surface area contributed by atoms with E-state index in [0.29, 0.717) is 74.9 Å². The normalized spacial score (nSPS) is 12.8. The van der Waals surface area contributed by atoms with Gasteiger partial charge < -0.3 is 46.1 Å². The van der Waals surface area contributed by atoms with Gasteiger partial charge in [-0.1, -0.05) is 60.7 Å². The molecule has 64 heavy (non-hydrogen) atoms. The van der Waals surface area contributed by atoms with E-state index in [2.05, 4.69) is 39.0 Å². The lowest BCUT2D eigenvalue weighted by atomic mass is 9.92. The predicted molar refractivity (Wildman–Crippen MR) is 261 cm³/mol. The molecule has 0 saturated heterocycles. The molecule has 4 aromatic rings. The second kappa shape index (κ2) is 27.0. The Balaban J connectivity index is 1.44. The number of guanidine groups is 1. The summed E-state index contributed by atoms with van der Waals surface area (Å²) >= 11 is 0. The first kappa shape index (κ1) is 51.1. The molecule has 2 amide bonds. The number of nitrogens with zero attached hydrogens (tertiary/aromatic N) is 2. The fourth-order valence-corrected chi connectivity index (χ4v) is 8.33. The number of hydrogen-bond acceptors (Lipinski definition) is 10. The number of esters is 2. The monoisotopic (exact) mass is 917 g/mol. The summed E-state index contributed by atoms with van der Waals surface area (Å²) in [7, 11) is 1.96. The molecule has 0 unspecified atom stereocenters. The van der Waals surface area contributed by atoms with Crippen LogP contribution in [0.3, 0.4) is 0 Å². The molecule has 346 valence electrons. The van der Waals surface area contributed by atoms with Gasteiger partial charge in [-0.25, -0.2) is 9.59 Å². The SMILES string of the molecule is COC(=O)[C@@H](CCCN=C(N)CP(C)C)NC(=O)CCCOc1ccc2ccccc2c1-c1c(OCCCC(=O)N[C@H](CCCN=C(N)NP(C)C)C(=O)OC)ccc2ccccc12. The van der Waals surface area contributed by atoms with Gasteiger partial charge in [0.25, 0.3) is 0 Å². The van der Waals surface area contributed by atoms with E-state index in [9.17, 15) is 19.2 Å². The minimum Gasteiger partial charge on any atom is -0.493 e. The van der Waals surface area contributed by atoms with E-state index in [1.807, 2.05) is 86.1 Å². The number of benzene rings is 4. The van der Waals surface area contributed by atoms with Crippen molar-refractivity contribution in [1.29, 1.82) is 0 Å². The van der Waals surface area contributed by atoms with Crippen LogP contribution < -0.4 is 36.7 Å². The quantitative estimate of drug-likeness (QED) is 0.0150. The highest BCUT2D eigenvalue weighted by atomic mass is 31.1. The smallest absolute Gasteiger partial charge is 0.328 e. The first-order valence-electron chi connectivity index (χ1n) is 21.5. The Hall–Kier alpha value is -5.52. The van der Waals surface area contributed by atoms with Crippen LogP contribution in [0.5, 0.6) is 11.5 Å². The average molecular weight is 918 g/mol. The Bertz CT molecular complexity index is 2080. The number of rotatable bonds is 26. The highest BCUT2D eigenvalue weighted by Crippen LogP contribution is 2.45. The molecule has 4 aromatic carbocycles. The second-order valence-corrected chi connectivity index (χ2v) is 20.2. The molecule has 15 nitrogen and oxygen atoms in total. The molecule has 0 aromatic heterocycles. The lowest BCUT2D eigenvalue weighted by Gasteiger charge is -2.20. The third kappa shape index (κ3) is 16.6. The summed E-state index contributed by atoms with van der Waals surface area (Å²) in [5.41, 5.74) is 13.6. The van der Waals surface area contributed by atoms with E-state index < -0.39 is 32.1 Å². The van der Waals surface area contributed by atoms with Crippen molar-refractivity contribution in [3.63, 3.8) is 0 Å². The lowest BCUT2D eigenvalue weighted by molar-refractivity contribution is -0.145. The van der Waals surface area contributed by atoms with Crippen molar-refractivity contribution in [2.45, 2.75) is 63.5 Å². The van der Waals surface area contributed by atoms with Crippen molar-refractivity contribution < 1.29 is 38.1 Å². The van der Waals surface area contributed by atoms with Crippen LogP contribution in [0, 0.1) is 0 Å². The van der Waals surface area contributed by atoms with Crippen molar-refractivity contribution in [1.82, 2.24) is 15.7 Å². The number of aliphatic imine (C=N–C) groups is 2. The lowest BCUT2D eigenvalue weighted by Crippen LogP contribution is -2.41. The molecule has 17 heteroatoms. The number of hydrogen-bond donors (Lipinski definition) is 5. The fourth-order valence-electron chi connectivity index (χ4n) is 7.06. The third-order valence-corrected chi connectivity index (χ3v) is 11.6. The summed E-state index contributed by atoms with van der Waals surface area (Å²) in [6.45, 7) is 9.64. The molecular weight excluding hydrogens is 853 g/mol. The summed E-state index contributed by atoms with van der Waals surface area (Å²) in [4.78, 5) is 59.9. The van der Waals surface area contributed by atoms with Gasteiger partial charge in [0.2, 0.25) is 11.8 Å². The molecule has 0 bridgehead atoms. The maximum atomic E-state index is 13.1. The van der Waals surface area contributed by atoms with Crippen LogP contribution in [0.25, 0.3) is 32.7 Å². The van der Waals surface area contributed by atoms with E-state index in [1.165, 1.54) is 14.2 Å². The van der Waals surface area contributed by atoms with Gasteiger partial charge in [-0.3, -0.25) is 19.6 Å². The van der Waals surface area contributed by atoms with Gasteiger partial charge in [0.1, 0.15) is 23.6 Å². The summed E-state index contributed by atoms with van der Waals surface area (Å²) in [6, 6.07) is 22.3. The van der Waals surface area contributed by atoms with Gasteiger partial charge in [0, 0.05) is 43.2 Å². The number of amidine groups is 1. The van der Waals surface area contributed by atoms with Gasteiger partial charge in [0.15, 0.2) is 5.96 Å². The standard InChI is InChI=1S/C47H65N7O8P2/c1-59-45(57)36(19-11-27-50-40(48)31-63(3)4)52-41(55)21-13-29-61-38-25-23-32-15-7-9-17-34(32)43(38)44-35-18-10-8-16-33(35)24-26-39(44)62-30-14-22-42(56)53-37(46(58)60-2)20-12-28-51-47(49)54-64(5)6/h7-10,15-18,23-26,36-37H,11-14,19-22,27-31H2,1-6H3,(H2,48,50)(H,52,55)(H,53,56)(H3,49,51,54)/t36-,37-/m1/s1. The van der Waals surface area contributed by atoms with Crippen molar-refractivity contribution >= 4 is 73.1 Å². The zero-order chi connectivity index (χ0) is 46.4. The van der Waals surface area contributed by atoms with Crippen LogP contribution in [0.2, 0.25) is 0 Å². The van der Waals surface area contributed by atoms with Crippen molar-refractivity contribution in [2.75, 3.05) is 73.3 Å². The van der Waals surface area contributed by atoms with Crippen LogP contribution in [-0.2, 0) is 28.7 Å². The van der Waals surface area contributed by atoms with Crippen molar-refractivity contribution in [3.8, 4) is 22.6 Å². The molecule has 0 fully saturated rings. The number of nitrogens with one attached hydrogen (secondary N) is 3.